The van der Waals surface area contributed by atoms with Crippen LogP contribution in [0.3, 0.4) is 0 Å². The molecule has 1 fully saturated rings. The molecule has 0 aliphatic heterocycles. The summed E-state index contributed by atoms with van der Waals surface area (Å²) in [6.45, 7) is 0. The lowest BCUT2D eigenvalue weighted by atomic mass is 10.2. The van der Waals surface area contributed by atoms with E-state index in [0.717, 1.165) is 18.1 Å². The molecule has 1 aliphatic rings. The minimum absolute atomic E-state index is 0.0539. The van der Waals surface area contributed by atoms with E-state index < -0.39 is 0 Å². The SMILES string of the molecule is CNC(=O)NC1CCC(SC)C1. The number of amides is 2. The lowest BCUT2D eigenvalue weighted by Crippen LogP contribution is -2.39. The van der Waals surface area contributed by atoms with Crippen molar-refractivity contribution in [2.75, 3.05) is 13.3 Å². The highest BCUT2D eigenvalue weighted by Gasteiger charge is 2.24. The summed E-state index contributed by atoms with van der Waals surface area (Å²) in [5.41, 5.74) is 0. The summed E-state index contributed by atoms with van der Waals surface area (Å²) in [7, 11) is 1.65. The molecule has 2 amide bonds. The van der Waals surface area contributed by atoms with Crippen LogP contribution in [0, 0.1) is 0 Å². The zero-order chi connectivity index (χ0) is 8.97. The van der Waals surface area contributed by atoms with Crippen LogP contribution in [-0.4, -0.2) is 30.6 Å². The Hall–Kier alpha value is -0.380. The average Bonchev–Trinajstić information content (AvgIpc) is 2.52. The summed E-state index contributed by atoms with van der Waals surface area (Å²) in [4.78, 5) is 10.9. The lowest BCUT2D eigenvalue weighted by Gasteiger charge is -2.11. The monoisotopic (exact) mass is 188 g/mol. The van der Waals surface area contributed by atoms with Crippen LogP contribution in [0.4, 0.5) is 4.79 Å². The van der Waals surface area contributed by atoms with Gasteiger partial charge in [-0.15, -0.1) is 0 Å². The van der Waals surface area contributed by atoms with Crippen molar-refractivity contribution in [1.29, 1.82) is 0 Å². The molecule has 12 heavy (non-hydrogen) atoms. The summed E-state index contributed by atoms with van der Waals surface area (Å²) in [6.07, 6.45) is 5.61. The third-order valence-electron chi connectivity index (χ3n) is 2.28. The Morgan fingerprint density at radius 3 is 2.75 bits per heavy atom. The zero-order valence-electron chi connectivity index (χ0n) is 7.59. The van der Waals surface area contributed by atoms with E-state index in [1.165, 1.54) is 6.42 Å². The molecule has 0 aromatic carbocycles. The molecular formula is C8H16N2OS. The molecule has 0 saturated heterocycles. The minimum Gasteiger partial charge on any atom is -0.341 e. The van der Waals surface area contributed by atoms with Crippen LogP contribution >= 0.6 is 11.8 Å². The first-order valence-electron chi connectivity index (χ1n) is 4.27. The van der Waals surface area contributed by atoms with Crippen molar-refractivity contribution in [2.45, 2.75) is 30.6 Å². The summed E-state index contributed by atoms with van der Waals surface area (Å²) >= 11 is 1.90. The number of nitrogens with one attached hydrogen (secondary N) is 2. The van der Waals surface area contributed by atoms with Crippen molar-refractivity contribution >= 4 is 17.8 Å². The molecule has 0 aromatic rings. The fourth-order valence-electron chi connectivity index (χ4n) is 1.54. The van der Waals surface area contributed by atoms with Gasteiger partial charge in [0.25, 0.3) is 0 Å². The van der Waals surface area contributed by atoms with Crippen molar-refractivity contribution in [3.8, 4) is 0 Å². The Kier molecular flexibility index (Phi) is 3.72. The maximum Gasteiger partial charge on any atom is 0.314 e. The second kappa shape index (κ2) is 4.60. The van der Waals surface area contributed by atoms with Crippen LogP contribution < -0.4 is 10.6 Å². The fraction of sp³-hybridized carbons (Fsp3) is 0.875. The van der Waals surface area contributed by atoms with Gasteiger partial charge in [0.2, 0.25) is 0 Å². The standard InChI is InChI=1S/C8H16N2OS/c1-9-8(11)10-6-3-4-7(5-6)12-2/h6-7H,3-5H2,1-2H3,(H2,9,10,11). The molecule has 0 heterocycles. The first kappa shape index (κ1) is 9.71. The van der Waals surface area contributed by atoms with Gasteiger partial charge in [-0.05, 0) is 25.5 Å². The number of carbonyl (C=O) groups excluding carboxylic acids is 1. The van der Waals surface area contributed by atoms with Gasteiger partial charge >= 0.3 is 6.03 Å². The zero-order valence-corrected chi connectivity index (χ0v) is 8.41. The van der Waals surface area contributed by atoms with Gasteiger partial charge in [0.1, 0.15) is 0 Å². The summed E-state index contributed by atoms with van der Waals surface area (Å²) in [5.74, 6) is 0. The quantitative estimate of drug-likeness (QED) is 0.683. The first-order chi connectivity index (χ1) is 5.76. The predicted molar refractivity (Wildman–Crippen MR) is 52.5 cm³/mol. The molecule has 3 nitrogen and oxygen atoms in total. The van der Waals surface area contributed by atoms with E-state index in [9.17, 15) is 4.79 Å². The molecule has 4 heteroatoms. The Bertz CT molecular complexity index is 163. The maximum atomic E-state index is 10.9. The minimum atomic E-state index is -0.0539. The number of hydrogen-bond acceptors (Lipinski definition) is 2. The van der Waals surface area contributed by atoms with Crippen molar-refractivity contribution < 1.29 is 4.79 Å². The number of thioether (sulfide) groups is 1. The predicted octanol–water partition coefficient (Wildman–Crippen LogP) is 1.20. The molecule has 0 radical (unpaired) electrons. The molecule has 1 rings (SSSR count). The van der Waals surface area contributed by atoms with Gasteiger partial charge in [0, 0.05) is 18.3 Å². The molecule has 2 N–H and O–H groups in total. The highest BCUT2D eigenvalue weighted by molar-refractivity contribution is 7.99. The van der Waals surface area contributed by atoms with Crippen LogP contribution in [0.25, 0.3) is 0 Å². The van der Waals surface area contributed by atoms with Crippen LogP contribution in [-0.2, 0) is 0 Å². The van der Waals surface area contributed by atoms with Crippen molar-refractivity contribution in [1.82, 2.24) is 10.6 Å². The smallest absolute Gasteiger partial charge is 0.314 e. The molecule has 0 spiro atoms. The van der Waals surface area contributed by atoms with Crippen LogP contribution in [0.5, 0.6) is 0 Å². The third kappa shape index (κ3) is 2.59. The van der Waals surface area contributed by atoms with Gasteiger partial charge in [-0.3, -0.25) is 0 Å². The van der Waals surface area contributed by atoms with E-state index in [0.29, 0.717) is 6.04 Å². The van der Waals surface area contributed by atoms with Gasteiger partial charge < -0.3 is 10.6 Å². The van der Waals surface area contributed by atoms with E-state index in [-0.39, 0.29) is 6.03 Å². The number of rotatable bonds is 2. The van der Waals surface area contributed by atoms with Gasteiger partial charge in [0.05, 0.1) is 0 Å². The van der Waals surface area contributed by atoms with Gasteiger partial charge in [-0.2, -0.15) is 11.8 Å². The molecule has 70 valence electrons. The lowest BCUT2D eigenvalue weighted by molar-refractivity contribution is 0.239. The summed E-state index contributed by atoms with van der Waals surface area (Å²) in [6, 6.07) is 0.337. The first-order valence-corrected chi connectivity index (χ1v) is 5.56. The highest BCUT2D eigenvalue weighted by atomic mass is 32.2. The molecule has 1 saturated carbocycles. The third-order valence-corrected chi connectivity index (χ3v) is 3.37. The topological polar surface area (TPSA) is 41.1 Å². The van der Waals surface area contributed by atoms with E-state index in [2.05, 4.69) is 16.9 Å². The van der Waals surface area contributed by atoms with Gasteiger partial charge in [0.15, 0.2) is 0 Å². The highest BCUT2D eigenvalue weighted by Crippen LogP contribution is 2.27. The van der Waals surface area contributed by atoms with Crippen molar-refractivity contribution in [3.63, 3.8) is 0 Å². The number of hydrogen-bond donors (Lipinski definition) is 2. The second-order valence-electron chi connectivity index (χ2n) is 3.09. The van der Waals surface area contributed by atoms with E-state index in [1.54, 1.807) is 7.05 Å². The van der Waals surface area contributed by atoms with Crippen molar-refractivity contribution in [2.24, 2.45) is 0 Å². The van der Waals surface area contributed by atoms with Gasteiger partial charge in [-0.25, -0.2) is 4.79 Å². The van der Waals surface area contributed by atoms with E-state index in [4.69, 9.17) is 0 Å². The van der Waals surface area contributed by atoms with E-state index >= 15 is 0 Å². The largest absolute Gasteiger partial charge is 0.341 e. The van der Waals surface area contributed by atoms with Crippen LogP contribution in [0.1, 0.15) is 19.3 Å². The van der Waals surface area contributed by atoms with E-state index in [1.807, 2.05) is 11.8 Å². The molecule has 0 aromatic heterocycles. The second-order valence-corrected chi connectivity index (χ2v) is 4.23. The summed E-state index contributed by atoms with van der Waals surface area (Å²) < 4.78 is 0. The molecule has 2 unspecified atom stereocenters. The Balaban J connectivity index is 2.23. The normalized spacial score (nSPS) is 28.5. The number of urea groups is 1. The average molecular weight is 188 g/mol. The maximum absolute atomic E-state index is 10.9. The van der Waals surface area contributed by atoms with Gasteiger partial charge in [-0.1, -0.05) is 0 Å². The van der Waals surface area contributed by atoms with Crippen LogP contribution in [0.2, 0.25) is 0 Å². The Morgan fingerprint density at radius 2 is 2.25 bits per heavy atom. The summed E-state index contributed by atoms with van der Waals surface area (Å²) in [5, 5.41) is 6.24. The molecular weight excluding hydrogens is 172 g/mol. The Morgan fingerprint density at radius 1 is 1.50 bits per heavy atom. The fourth-order valence-corrected chi connectivity index (χ4v) is 2.34. The van der Waals surface area contributed by atoms with Crippen molar-refractivity contribution in [3.05, 3.63) is 0 Å². The molecule has 0 bridgehead atoms. The molecule has 1 aliphatic carbocycles. The number of carbonyl (C=O) groups is 1. The Labute approximate surface area is 77.7 Å². The molecule has 2 atom stereocenters. The van der Waals surface area contributed by atoms with Crippen LogP contribution in [0.15, 0.2) is 0 Å².